The fraction of sp³-hybridized carbons (Fsp3) is 0.154. The molecule has 22 heavy (non-hydrogen) atoms. The number of alkyl halides is 3. The molecule has 0 spiro atoms. The zero-order valence-corrected chi connectivity index (χ0v) is 11.4. The molecule has 0 fully saturated rings. The van der Waals surface area contributed by atoms with E-state index >= 15 is 0 Å². The van der Waals surface area contributed by atoms with Gasteiger partial charge >= 0.3 is 6.18 Å². The fourth-order valence-electron chi connectivity index (χ4n) is 1.74. The van der Waals surface area contributed by atoms with E-state index in [0.717, 1.165) is 0 Å². The zero-order valence-electron chi connectivity index (χ0n) is 11.4. The number of carbonyl (C=O) groups excluding carboxylic acids is 1. The van der Waals surface area contributed by atoms with Gasteiger partial charge in [0.25, 0.3) is 5.91 Å². The molecule has 1 aromatic carbocycles. The van der Waals surface area contributed by atoms with Crippen molar-refractivity contribution in [1.29, 1.82) is 0 Å². The van der Waals surface area contributed by atoms with Gasteiger partial charge in [-0.05, 0) is 12.1 Å². The lowest BCUT2D eigenvalue weighted by molar-refractivity contribution is -0.137. The summed E-state index contributed by atoms with van der Waals surface area (Å²) in [5.74, 6) is -1.23. The number of amides is 1. The summed E-state index contributed by atoms with van der Waals surface area (Å²) in [7, 11) is 1.48. The highest BCUT2D eigenvalue weighted by Crippen LogP contribution is 2.35. The Morgan fingerprint density at radius 2 is 1.95 bits per heavy atom. The Labute approximate surface area is 123 Å². The van der Waals surface area contributed by atoms with Crippen molar-refractivity contribution in [1.82, 2.24) is 9.97 Å². The summed E-state index contributed by atoms with van der Waals surface area (Å²) < 4.78 is 39.0. The topological polar surface area (TPSA) is 92.9 Å². The monoisotopic (exact) mass is 311 g/mol. The number of nitrogens with one attached hydrogen (secondary N) is 2. The van der Waals surface area contributed by atoms with Crippen LogP contribution in [0.4, 0.5) is 30.6 Å². The van der Waals surface area contributed by atoms with Gasteiger partial charge < -0.3 is 16.4 Å². The van der Waals surface area contributed by atoms with Crippen molar-refractivity contribution in [3.05, 3.63) is 41.6 Å². The first-order chi connectivity index (χ1) is 10.3. The third kappa shape index (κ3) is 3.25. The summed E-state index contributed by atoms with van der Waals surface area (Å²) in [6, 6.07) is 5.94. The molecular formula is C13H12F3N5O. The Kier molecular flexibility index (Phi) is 4.15. The maximum atomic E-state index is 13.0. The van der Waals surface area contributed by atoms with Crippen molar-refractivity contribution in [2.24, 2.45) is 5.73 Å². The normalized spacial score (nSPS) is 11.1. The molecule has 1 aromatic heterocycles. The number of carbonyl (C=O) groups is 1. The molecule has 0 atom stereocenters. The molecule has 2 aromatic rings. The van der Waals surface area contributed by atoms with Gasteiger partial charge in [0.15, 0.2) is 0 Å². The number of halogens is 3. The average Bonchev–Trinajstić information content (AvgIpc) is 2.46. The third-order valence-electron chi connectivity index (χ3n) is 2.76. The number of anilines is 3. The van der Waals surface area contributed by atoms with Gasteiger partial charge in [-0.25, -0.2) is 4.98 Å². The average molecular weight is 311 g/mol. The second kappa shape index (κ2) is 5.88. The standard InChI is InChI=1S/C13H12F3N5O/c1-18-12-19-6-8(13(14,15)16)11(21-12)20-9-5-3-2-4-7(9)10(17)22/h2-6H,1H3,(H2,17,22)(H2,18,19,20,21). The molecule has 4 N–H and O–H groups in total. The molecular weight excluding hydrogens is 299 g/mol. The first kappa shape index (κ1) is 15.5. The number of benzene rings is 1. The van der Waals surface area contributed by atoms with E-state index in [4.69, 9.17) is 5.73 Å². The summed E-state index contributed by atoms with van der Waals surface area (Å²) in [5.41, 5.74) is 4.33. The molecule has 0 bridgehead atoms. The summed E-state index contributed by atoms with van der Waals surface area (Å²) in [5, 5.41) is 5.04. The van der Waals surface area contributed by atoms with Crippen LogP contribution in [0.5, 0.6) is 0 Å². The highest BCUT2D eigenvalue weighted by molar-refractivity contribution is 5.99. The summed E-state index contributed by atoms with van der Waals surface area (Å²) in [6.07, 6.45) is -3.98. The predicted octanol–water partition coefficient (Wildman–Crippen LogP) is 2.38. The summed E-state index contributed by atoms with van der Waals surface area (Å²) in [6.45, 7) is 0. The summed E-state index contributed by atoms with van der Waals surface area (Å²) >= 11 is 0. The number of hydrogen-bond acceptors (Lipinski definition) is 5. The van der Waals surface area contributed by atoms with Crippen LogP contribution >= 0.6 is 0 Å². The second-order valence-corrected chi connectivity index (χ2v) is 4.24. The molecule has 0 aliphatic rings. The molecule has 0 radical (unpaired) electrons. The summed E-state index contributed by atoms with van der Waals surface area (Å²) in [4.78, 5) is 18.6. The van der Waals surface area contributed by atoms with Gasteiger partial charge in [-0.15, -0.1) is 0 Å². The maximum absolute atomic E-state index is 13.0. The minimum atomic E-state index is -4.64. The van der Waals surface area contributed by atoms with Gasteiger partial charge in [-0.2, -0.15) is 18.2 Å². The van der Waals surface area contributed by atoms with E-state index in [1.165, 1.54) is 19.2 Å². The van der Waals surface area contributed by atoms with E-state index in [1.54, 1.807) is 12.1 Å². The van der Waals surface area contributed by atoms with Crippen LogP contribution in [-0.2, 0) is 6.18 Å². The van der Waals surface area contributed by atoms with E-state index in [-0.39, 0.29) is 17.2 Å². The van der Waals surface area contributed by atoms with Gasteiger partial charge in [-0.3, -0.25) is 4.79 Å². The lowest BCUT2D eigenvalue weighted by Crippen LogP contribution is -2.16. The highest BCUT2D eigenvalue weighted by Gasteiger charge is 2.35. The van der Waals surface area contributed by atoms with Crippen molar-refractivity contribution in [3.63, 3.8) is 0 Å². The van der Waals surface area contributed by atoms with Crippen LogP contribution in [0.15, 0.2) is 30.5 Å². The molecule has 1 heterocycles. The third-order valence-corrected chi connectivity index (χ3v) is 2.76. The molecule has 9 heteroatoms. The van der Waals surface area contributed by atoms with Crippen molar-refractivity contribution < 1.29 is 18.0 Å². The Bertz CT molecular complexity index is 702. The molecule has 116 valence electrons. The molecule has 6 nitrogen and oxygen atoms in total. The SMILES string of the molecule is CNc1ncc(C(F)(F)F)c(Nc2ccccc2C(N)=O)n1. The van der Waals surface area contributed by atoms with Crippen LogP contribution in [0.2, 0.25) is 0 Å². The van der Waals surface area contributed by atoms with Crippen molar-refractivity contribution in [2.45, 2.75) is 6.18 Å². The predicted molar refractivity (Wildman–Crippen MR) is 74.8 cm³/mol. The van der Waals surface area contributed by atoms with Crippen molar-refractivity contribution in [3.8, 4) is 0 Å². The fourth-order valence-corrected chi connectivity index (χ4v) is 1.74. The zero-order chi connectivity index (χ0) is 16.3. The molecule has 0 saturated carbocycles. The number of rotatable bonds is 4. The van der Waals surface area contributed by atoms with Gasteiger partial charge in [0, 0.05) is 13.2 Å². The first-order valence-electron chi connectivity index (χ1n) is 6.10. The van der Waals surface area contributed by atoms with Crippen LogP contribution in [0.1, 0.15) is 15.9 Å². The maximum Gasteiger partial charge on any atom is 0.421 e. The Balaban J connectivity index is 2.51. The first-order valence-corrected chi connectivity index (χ1v) is 6.10. The number of para-hydroxylation sites is 1. The molecule has 0 saturated heterocycles. The molecule has 0 aliphatic heterocycles. The van der Waals surface area contributed by atoms with Crippen LogP contribution in [-0.4, -0.2) is 22.9 Å². The quantitative estimate of drug-likeness (QED) is 0.806. The van der Waals surface area contributed by atoms with Crippen molar-refractivity contribution >= 4 is 23.4 Å². The minimum Gasteiger partial charge on any atom is -0.366 e. The van der Waals surface area contributed by atoms with Crippen molar-refractivity contribution in [2.75, 3.05) is 17.7 Å². The number of nitrogens with zero attached hydrogens (tertiary/aromatic N) is 2. The number of nitrogens with two attached hydrogens (primary N) is 1. The number of hydrogen-bond donors (Lipinski definition) is 3. The lowest BCUT2D eigenvalue weighted by atomic mass is 10.1. The van der Waals surface area contributed by atoms with Crippen LogP contribution in [0, 0.1) is 0 Å². The minimum absolute atomic E-state index is 0.00653. The molecule has 2 rings (SSSR count). The Morgan fingerprint density at radius 3 is 2.55 bits per heavy atom. The van der Waals surface area contributed by atoms with E-state index in [9.17, 15) is 18.0 Å². The smallest absolute Gasteiger partial charge is 0.366 e. The number of aromatic nitrogens is 2. The van der Waals surface area contributed by atoms with Crippen LogP contribution in [0.3, 0.4) is 0 Å². The Morgan fingerprint density at radius 1 is 1.27 bits per heavy atom. The van der Waals surface area contributed by atoms with Crippen LogP contribution in [0.25, 0.3) is 0 Å². The van der Waals surface area contributed by atoms with E-state index in [0.29, 0.717) is 6.20 Å². The van der Waals surface area contributed by atoms with Gasteiger partial charge in [0.05, 0.1) is 11.3 Å². The Hall–Kier alpha value is -2.84. The lowest BCUT2D eigenvalue weighted by Gasteiger charge is -2.15. The van der Waals surface area contributed by atoms with Gasteiger partial charge in [0.1, 0.15) is 11.4 Å². The van der Waals surface area contributed by atoms with Gasteiger partial charge in [-0.1, -0.05) is 12.1 Å². The molecule has 0 unspecified atom stereocenters. The van der Waals surface area contributed by atoms with Gasteiger partial charge in [0.2, 0.25) is 5.95 Å². The van der Waals surface area contributed by atoms with Crippen LogP contribution < -0.4 is 16.4 Å². The van der Waals surface area contributed by atoms with E-state index in [1.807, 2.05) is 0 Å². The highest BCUT2D eigenvalue weighted by atomic mass is 19.4. The largest absolute Gasteiger partial charge is 0.421 e. The second-order valence-electron chi connectivity index (χ2n) is 4.24. The van der Waals surface area contributed by atoms with E-state index < -0.39 is 23.5 Å². The van der Waals surface area contributed by atoms with E-state index in [2.05, 4.69) is 20.6 Å². The number of primary amides is 1. The molecule has 0 aliphatic carbocycles. The molecule has 1 amide bonds.